The first-order chi connectivity index (χ1) is 7.70. The summed E-state index contributed by atoms with van der Waals surface area (Å²) in [6, 6.07) is 4.08. The summed E-state index contributed by atoms with van der Waals surface area (Å²) in [4.78, 5) is 4.44. The molecule has 1 aliphatic carbocycles. The molecule has 2 rings (SSSR count). The van der Waals surface area contributed by atoms with Gasteiger partial charge in [0.25, 0.3) is 0 Å². The van der Waals surface area contributed by atoms with Gasteiger partial charge in [-0.25, -0.2) is 0 Å². The molecule has 1 saturated carbocycles. The highest BCUT2D eigenvalue weighted by Crippen LogP contribution is 2.27. The van der Waals surface area contributed by atoms with E-state index in [9.17, 15) is 5.11 Å². The zero-order valence-electron chi connectivity index (χ0n) is 9.73. The molecule has 0 aliphatic heterocycles. The van der Waals surface area contributed by atoms with Gasteiger partial charge in [-0.15, -0.1) is 0 Å². The summed E-state index contributed by atoms with van der Waals surface area (Å²) in [7, 11) is 1.62. The number of aliphatic imine (C=N–C) groups is 1. The zero-order valence-corrected chi connectivity index (χ0v) is 9.73. The van der Waals surface area contributed by atoms with Crippen molar-refractivity contribution in [3.8, 4) is 11.5 Å². The van der Waals surface area contributed by atoms with Crippen LogP contribution in [0.15, 0.2) is 17.1 Å². The molecule has 3 heteroatoms. The van der Waals surface area contributed by atoms with Crippen molar-refractivity contribution in [2.24, 2.45) is 4.99 Å². The normalized spacial score (nSPS) is 16.4. The van der Waals surface area contributed by atoms with E-state index >= 15 is 0 Å². The van der Waals surface area contributed by atoms with Crippen molar-refractivity contribution in [2.45, 2.75) is 32.2 Å². The lowest BCUT2D eigenvalue weighted by Gasteiger charge is -2.20. The largest absolute Gasteiger partial charge is 0.507 e. The van der Waals surface area contributed by atoms with E-state index < -0.39 is 0 Å². The molecule has 1 fully saturated rings. The van der Waals surface area contributed by atoms with E-state index in [1.165, 1.54) is 19.3 Å². The summed E-state index contributed by atoms with van der Waals surface area (Å²) in [5, 5.41) is 9.87. The van der Waals surface area contributed by atoms with Gasteiger partial charge in [0, 0.05) is 17.8 Å². The van der Waals surface area contributed by atoms with Crippen LogP contribution in [0.4, 0.5) is 0 Å². The summed E-state index contributed by atoms with van der Waals surface area (Å²) in [5.41, 5.74) is 1.55. The van der Waals surface area contributed by atoms with Gasteiger partial charge in [0.15, 0.2) is 0 Å². The fraction of sp³-hybridized carbons (Fsp3) is 0.462. The van der Waals surface area contributed by atoms with Crippen molar-refractivity contribution in [1.29, 1.82) is 0 Å². The van der Waals surface area contributed by atoms with Gasteiger partial charge < -0.3 is 9.84 Å². The third-order valence-corrected chi connectivity index (χ3v) is 3.04. The van der Waals surface area contributed by atoms with Gasteiger partial charge in [-0.1, -0.05) is 0 Å². The number of hydrogen-bond donors (Lipinski definition) is 1. The molecule has 1 aliphatic rings. The fourth-order valence-corrected chi connectivity index (χ4v) is 1.71. The summed E-state index contributed by atoms with van der Waals surface area (Å²) >= 11 is 0. The van der Waals surface area contributed by atoms with E-state index in [2.05, 4.69) is 4.99 Å². The van der Waals surface area contributed by atoms with E-state index in [0.717, 1.165) is 16.9 Å². The van der Waals surface area contributed by atoms with Crippen LogP contribution in [-0.4, -0.2) is 24.5 Å². The minimum Gasteiger partial charge on any atom is -0.507 e. The Morgan fingerprint density at radius 3 is 2.75 bits per heavy atom. The SMILES string of the molecule is COc1cc(C)c(O)c(C=NC2CCC2)c1. The number of phenols is 1. The predicted octanol–water partition coefficient (Wildman–Crippen LogP) is 2.68. The Balaban J connectivity index is 2.23. The first kappa shape index (κ1) is 11.0. The van der Waals surface area contributed by atoms with E-state index in [0.29, 0.717) is 11.8 Å². The summed E-state index contributed by atoms with van der Waals surface area (Å²) in [6.45, 7) is 1.86. The number of benzene rings is 1. The molecule has 0 atom stereocenters. The van der Waals surface area contributed by atoms with Crippen LogP contribution in [0.3, 0.4) is 0 Å². The van der Waals surface area contributed by atoms with Crippen LogP contribution in [0.2, 0.25) is 0 Å². The van der Waals surface area contributed by atoms with Crippen LogP contribution in [0.25, 0.3) is 0 Å². The molecule has 0 amide bonds. The van der Waals surface area contributed by atoms with Gasteiger partial charge >= 0.3 is 0 Å². The molecule has 0 heterocycles. The monoisotopic (exact) mass is 219 g/mol. The van der Waals surface area contributed by atoms with E-state index in [1.54, 1.807) is 13.3 Å². The fourth-order valence-electron chi connectivity index (χ4n) is 1.71. The number of aromatic hydroxyl groups is 1. The highest BCUT2D eigenvalue weighted by molar-refractivity contribution is 5.85. The first-order valence-corrected chi connectivity index (χ1v) is 5.61. The van der Waals surface area contributed by atoms with Gasteiger partial charge in [-0.05, 0) is 43.9 Å². The maximum absolute atomic E-state index is 9.87. The molecular weight excluding hydrogens is 202 g/mol. The van der Waals surface area contributed by atoms with Crippen molar-refractivity contribution in [3.63, 3.8) is 0 Å². The molecule has 1 aromatic carbocycles. The Bertz CT molecular complexity index is 409. The highest BCUT2D eigenvalue weighted by Gasteiger charge is 2.15. The molecule has 16 heavy (non-hydrogen) atoms. The summed E-state index contributed by atoms with van der Waals surface area (Å²) in [5.74, 6) is 1.05. The Kier molecular flexibility index (Phi) is 3.13. The van der Waals surface area contributed by atoms with Crippen molar-refractivity contribution in [2.75, 3.05) is 7.11 Å². The van der Waals surface area contributed by atoms with Crippen LogP contribution in [0, 0.1) is 6.92 Å². The van der Waals surface area contributed by atoms with Crippen molar-refractivity contribution in [3.05, 3.63) is 23.3 Å². The van der Waals surface area contributed by atoms with Gasteiger partial charge in [0.1, 0.15) is 11.5 Å². The second kappa shape index (κ2) is 4.56. The molecule has 1 N–H and O–H groups in total. The molecule has 0 radical (unpaired) electrons. The number of rotatable bonds is 3. The molecule has 0 aromatic heterocycles. The number of aryl methyl sites for hydroxylation is 1. The number of hydrogen-bond acceptors (Lipinski definition) is 3. The smallest absolute Gasteiger partial charge is 0.127 e. The van der Waals surface area contributed by atoms with Gasteiger partial charge in [-0.3, -0.25) is 4.99 Å². The van der Waals surface area contributed by atoms with Crippen LogP contribution in [0.5, 0.6) is 11.5 Å². The summed E-state index contributed by atoms with van der Waals surface area (Å²) in [6.07, 6.45) is 5.36. The third-order valence-electron chi connectivity index (χ3n) is 3.04. The van der Waals surface area contributed by atoms with E-state index in [-0.39, 0.29) is 0 Å². The molecular formula is C13H17NO2. The standard InChI is InChI=1S/C13H17NO2/c1-9-6-12(16-2)7-10(13(9)15)8-14-11-4-3-5-11/h6-8,11,15H,3-5H2,1-2H3. The van der Waals surface area contributed by atoms with Crippen molar-refractivity contribution in [1.82, 2.24) is 0 Å². The number of nitrogens with zero attached hydrogens (tertiary/aromatic N) is 1. The molecule has 0 spiro atoms. The Hall–Kier alpha value is -1.51. The third kappa shape index (κ3) is 2.18. The second-order valence-electron chi connectivity index (χ2n) is 4.25. The van der Waals surface area contributed by atoms with E-state index in [1.807, 2.05) is 19.1 Å². The van der Waals surface area contributed by atoms with Gasteiger partial charge in [0.2, 0.25) is 0 Å². The number of methoxy groups -OCH3 is 1. The number of ether oxygens (including phenoxy) is 1. The molecule has 86 valence electrons. The Morgan fingerprint density at radius 1 is 1.44 bits per heavy atom. The molecule has 0 saturated heterocycles. The predicted molar refractivity (Wildman–Crippen MR) is 64.6 cm³/mol. The van der Waals surface area contributed by atoms with Crippen LogP contribution < -0.4 is 4.74 Å². The average Bonchev–Trinajstić information content (AvgIpc) is 2.21. The molecule has 1 aromatic rings. The molecule has 0 unspecified atom stereocenters. The zero-order chi connectivity index (χ0) is 11.5. The Morgan fingerprint density at radius 2 is 2.19 bits per heavy atom. The maximum atomic E-state index is 9.87. The average molecular weight is 219 g/mol. The van der Waals surface area contributed by atoms with Crippen LogP contribution in [0.1, 0.15) is 30.4 Å². The lowest BCUT2D eigenvalue weighted by Crippen LogP contribution is -2.14. The van der Waals surface area contributed by atoms with Gasteiger partial charge in [-0.2, -0.15) is 0 Å². The van der Waals surface area contributed by atoms with Crippen molar-refractivity contribution < 1.29 is 9.84 Å². The maximum Gasteiger partial charge on any atom is 0.127 e. The topological polar surface area (TPSA) is 41.8 Å². The minimum atomic E-state index is 0.295. The molecule has 0 bridgehead atoms. The second-order valence-corrected chi connectivity index (χ2v) is 4.25. The van der Waals surface area contributed by atoms with Crippen molar-refractivity contribution >= 4 is 6.21 Å². The Labute approximate surface area is 95.8 Å². The lowest BCUT2D eigenvalue weighted by atomic mass is 9.94. The minimum absolute atomic E-state index is 0.295. The first-order valence-electron chi connectivity index (χ1n) is 5.61. The molecule has 3 nitrogen and oxygen atoms in total. The van der Waals surface area contributed by atoms with Crippen LogP contribution in [-0.2, 0) is 0 Å². The van der Waals surface area contributed by atoms with E-state index in [4.69, 9.17) is 4.74 Å². The quantitative estimate of drug-likeness (QED) is 0.794. The highest BCUT2D eigenvalue weighted by atomic mass is 16.5. The lowest BCUT2D eigenvalue weighted by molar-refractivity contribution is 0.410. The van der Waals surface area contributed by atoms with Gasteiger partial charge in [0.05, 0.1) is 7.11 Å². The number of phenolic OH excluding ortho intramolecular Hbond substituents is 1. The van der Waals surface area contributed by atoms with Crippen LogP contribution >= 0.6 is 0 Å². The summed E-state index contributed by atoms with van der Waals surface area (Å²) < 4.78 is 5.17.